The Labute approximate surface area is 129 Å². The molecule has 1 saturated heterocycles. The first-order valence-corrected chi connectivity index (χ1v) is 8.40. The summed E-state index contributed by atoms with van der Waals surface area (Å²) < 4.78 is 31.9. The lowest BCUT2D eigenvalue weighted by atomic mass is 10.1. The number of methoxy groups -OCH3 is 1. The Morgan fingerprint density at radius 2 is 1.95 bits per heavy atom. The second kappa shape index (κ2) is 6.64. The molecule has 1 heterocycles. The lowest BCUT2D eigenvalue weighted by Gasteiger charge is -2.31. The molecule has 1 aromatic rings. The number of nitrogens with zero attached hydrogens (tertiary/aromatic N) is 1. The zero-order chi connectivity index (χ0) is 15.5. The number of sulfonamides is 1. The van der Waals surface area contributed by atoms with E-state index in [-0.39, 0.29) is 22.1 Å². The lowest BCUT2D eigenvalue weighted by Crippen LogP contribution is -2.46. The molecule has 1 aliphatic heterocycles. The van der Waals surface area contributed by atoms with Crippen molar-refractivity contribution in [3.05, 3.63) is 29.3 Å². The van der Waals surface area contributed by atoms with Crippen molar-refractivity contribution in [3.63, 3.8) is 0 Å². The summed E-state index contributed by atoms with van der Waals surface area (Å²) in [4.78, 5) is 13.0. The Hall–Kier alpha value is -1.31. The van der Waals surface area contributed by atoms with Gasteiger partial charge in [0.25, 0.3) is 0 Å². The molecule has 0 aliphatic carbocycles. The molecule has 0 spiro atoms. The van der Waals surface area contributed by atoms with Crippen molar-refractivity contribution in [1.82, 2.24) is 9.62 Å². The molecule has 1 amide bonds. The maximum absolute atomic E-state index is 12.3. The van der Waals surface area contributed by atoms with Gasteiger partial charge in [-0.15, -0.1) is 0 Å². The maximum atomic E-state index is 12.3. The van der Waals surface area contributed by atoms with Crippen LogP contribution in [-0.2, 0) is 14.8 Å². The van der Waals surface area contributed by atoms with Gasteiger partial charge in [-0.2, -0.15) is 0 Å². The number of carbonyl (C=O) groups is 1. The Morgan fingerprint density at radius 1 is 1.33 bits per heavy atom. The van der Waals surface area contributed by atoms with Gasteiger partial charge in [-0.05, 0) is 25.0 Å². The van der Waals surface area contributed by atoms with Crippen molar-refractivity contribution in [1.29, 1.82) is 0 Å². The third-order valence-electron chi connectivity index (χ3n) is 3.38. The van der Waals surface area contributed by atoms with Crippen LogP contribution in [0.2, 0.25) is 5.02 Å². The first kappa shape index (κ1) is 16.1. The summed E-state index contributed by atoms with van der Waals surface area (Å²) in [7, 11) is -2.32. The molecule has 8 heteroatoms. The van der Waals surface area contributed by atoms with Gasteiger partial charge in [-0.3, -0.25) is 0 Å². The highest BCUT2D eigenvalue weighted by Gasteiger charge is 2.27. The van der Waals surface area contributed by atoms with Crippen LogP contribution < -0.4 is 4.72 Å². The number of likely N-dealkylation sites (tertiary alicyclic amines) is 1. The number of benzene rings is 1. The summed E-state index contributed by atoms with van der Waals surface area (Å²) in [5, 5.41) is 0.192. The fourth-order valence-corrected chi connectivity index (χ4v) is 4.08. The molecule has 1 fully saturated rings. The van der Waals surface area contributed by atoms with Crippen molar-refractivity contribution in [2.24, 2.45) is 0 Å². The van der Waals surface area contributed by atoms with E-state index >= 15 is 0 Å². The van der Waals surface area contributed by atoms with Crippen molar-refractivity contribution in [2.45, 2.75) is 23.8 Å². The van der Waals surface area contributed by atoms with E-state index in [0.29, 0.717) is 25.9 Å². The molecule has 1 N–H and O–H groups in total. The molecule has 0 aromatic heterocycles. The Bertz CT molecular complexity index is 612. The fraction of sp³-hybridized carbons (Fsp3) is 0.462. The second-order valence-corrected chi connectivity index (χ2v) is 6.87. The number of nitrogens with one attached hydrogen (secondary N) is 1. The summed E-state index contributed by atoms with van der Waals surface area (Å²) in [5.41, 5.74) is 0. The number of ether oxygens (including phenoxy) is 1. The van der Waals surface area contributed by atoms with Gasteiger partial charge in [0.1, 0.15) is 4.90 Å². The van der Waals surface area contributed by atoms with Gasteiger partial charge in [0.15, 0.2) is 0 Å². The Kier molecular flexibility index (Phi) is 5.08. The molecule has 0 unspecified atom stereocenters. The van der Waals surface area contributed by atoms with Crippen molar-refractivity contribution in [2.75, 3.05) is 20.2 Å². The number of piperidine rings is 1. The van der Waals surface area contributed by atoms with Gasteiger partial charge in [-0.1, -0.05) is 23.7 Å². The Morgan fingerprint density at radius 3 is 2.52 bits per heavy atom. The van der Waals surface area contributed by atoms with Crippen LogP contribution in [0.4, 0.5) is 4.79 Å². The predicted octanol–water partition coefficient (Wildman–Crippen LogP) is 1.85. The maximum Gasteiger partial charge on any atom is 0.409 e. The van der Waals surface area contributed by atoms with Crippen LogP contribution in [0.3, 0.4) is 0 Å². The topological polar surface area (TPSA) is 75.7 Å². The summed E-state index contributed by atoms with van der Waals surface area (Å²) in [5.74, 6) is 0. The Balaban J connectivity index is 2.00. The predicted molar refractivity (Wildman–Crippen MR) is 78.8 cm³/mol. The van der Waals surface area contributed by atoms with Gasteiger partial charge in [-0.25, -0.2) is 17.9 Å². The minimum atomic E-state index is -3.65. The van der Waals surface area contributed by atoms with E-state index in [4.69, 9.17) is 11.6 Å². The summed E-state index contributed by atoms with van der Waals surface area (Å²) in [6, 6.07) is 6.09. The van der Waals surface area contributed by atoms with Crippen LogP contribution in [-0.4, -0.2) is 45.7 Å². The molecule has 0 bridgehead atoms. The quantitative estimate of drug-likeness (QED) is 0.916. The highest BCUT2D eigenvalue weighted by Crippen LogP contribution is 2.22. The lowest BCUT2D eigenvalue weighted by molar-refractivity contribution is 0.111. The van der Waals surface area contributed by atoms with E-state index in [1.54, 1.807) is 17.0 Å². The molecule has 1 aliphatic rings. The van der Waals surface area contributed by atoms with Gasteiger partial charge < -0.3 is 9.64 Å². The zero-order valence-electron chi connectivity index (χ0n) is 11.6. The average Bonchev–Trinajstić information content (AvgIpc) is 2.47. The molecule has 21 heavy (non-hydrogen) atoms. The summed E-state index contributed by atoms with van der Waals surface area (Å²) in [6.07, 6.45) is 0.694. The van der Waals surface area contributed by atoms with Gasteiger partial charge in [0.2, 0.25) is 10.0 Å². The number of rotatable bonds is 3. The third-order valence-corrected chi connectivity index (χ3v) is 5.40. The number of carbonyl (C=O) groups excluding carboxylic acids is 1. The molecule has 0 radical (unpaired) electrons. The summed E-state index contributed by atoms with van der Waals surface area (Å²) >= 11 is 5.92. The number of amides is 1. The van der Waals surface area contributed by atoms with Crippen LogP contribution in [0, 0.1) is 0 Å². The second-order valence-electron chi connectivity index (χ2n) is 4.78. The van der Waals surface area contributed by atoms with E-state index in [0.717, 1.165) is 0 Å². The minimum Gasteiger partial charge on any atom is -0.453 e. The smallest absolute Gasteiger partial charge is 0.409 e. The van der Waals surface area contributed by atoms with Crippen molar-refractivity contribution >= 4 is 27.7 Å². The molecule has 116 valence electrons. The van der Waals surface area contributed by atoms with Gasteiger partial charge in [0.05, 0.1) is 12.1 Å². The minimum absolute atomic E-state index is 0.0714. The van der Waals surface area contributed by atoms with Crippen LogP contribution in [0.15, 0.2) is 29.2 Å². The highest BCUT2D eigenvalue weighted by atomic mass is 35.5. The molecular weight excluding hydrogens is 316 g/mol. The van der Waals surface area contributed by atoms with E-state index in [1.165, 1.54) is 19.2 Å². The summed E-state index contributed by atoms with van der Waals surface area (Å²) in [6.45, 7) is 0.921. The highest BCUT2D eigenvalue weighted by molar-refractivity contribution is 7.89. The van der Waals surface area contributed by atoms with Crippen LogP contribution in [0.25, 0.3) is 0 Å². The molecule has 6 nitrogen and oxygen atoms in total. The monoisotopic (exact) mass is 332 g/mol. The van der Waals surface area contributed by atoms with Crippen LogP contribution in [0.1, 0.15) is 12.8 Å². The number of halogens is 1. The molecule has 0 saturated carbocycles. The third kappa shape index (κ3) is 3.87. The SMILES string of the molecule is COC(=O)N1CCC(NS(=O)(=O)c2ccccc2Cl)CC1. The molecule has 2 rings (SSSR count). The largest absolute Gasteiger partial charge is 0.453 e. The molecule has 1 aromatic carbocycles. The van der Waals surface area contributed by atoms with E-state index < -0.39 is 10.0 Å². The standard InChI is InChI=1S/C13H17ClN2O4S/c1-20-13(17)16-8-6-10(7-9-16)15-21(18,19)12-5-3-2-4-11(12)14/h2-5,10,15H,6-9H2,1H3. The number of hydrogen-bond acceptors (Lipinski definition) is 4. The van der Waals surface area contributed by atoms with Gasteiger partial charge >= 0.3 is 6.09 Å². The number of hydrogen-bond donors (Lipinski definition) is 1. The first-order chi connectivity index (χ1) is 9.94. The van der Waals surface area contributed by atoms with Gasteiger partial charge in [0, 0.05) is 19.1 Å². The zero-order valence-corrected chi connectivity index (χ0v) is 13.2. The van der Waals surface area contributed by atoms with E-state index in [1.807, 2.05) is 0 Å². The average molecular weight is 333 g/mol. The van der Waals surface area contributed by atoms with Crippen molar-refractivity contribution < 1.29 is 17.9 Å². The normalized spacial score (nSPS) is 16.8. The molecule has 0 atom stereocenters. The van der Waals surface area contributed by atoms with Crippen LogP contribution in [0.5, 0.6) is 0 Å². The van der Waals surface area contributed by atoms with Crippen molar-refractivity contribution in [3.8, 4) is 0 Å². The van der Waals surface area contributed by atoms with E-state index in [9.17, 15) is 13.2 Å². The first-order valence-electron chi connectivity index (χ1n) is 6.54. The fourth-order valence-electron chi connectivity index (χ4n) is 2.25. The van der Waals surface area contributed by atoms with E-state index in [2.05, 4.69) is 9.46 Å². The molecular formula is C13H17ClN2O4S. The van der Waals surface area contributed by atoms with Crippen LogP contribution >= 0.6 is 11.6 Å².